The van der Waals surface area contributed by atoms with Crippen molar-refractivity contribution in [1.82, 2.24) is 9.80 Å². The first-order chi connectivity index (χ1) is 19.6. The average Bonchev–Trinajstić information content (AvgIpc) is 3.21. The van der Waals surface area contributed by atoms with E-state index in [1.807, 2.05) is 12.1 Å². The van der Waals surface area contributed by atoms with E-state index in [0.717, 1.165) is 10.3 Å². The normalized spacial score (nSPS) is 16.9. The summed E-state index contributed by atoms with van der Waals surface area (Å²) in [5.74, 6) is -1.36. The van der Waals surface area contributed by atoms with Crippen LogP contribution in [0.4, 0.5) is 10.5 Å². The summed E-state index contributed by atoms with van der Waals surface area (Å²) in [5, 5.41) is 3.32. The maximum Gasteiger partial charge on any atom is 0.339 e. The van der Waals surface area contributed by atoms with Crippen molar-refractivity contribution in [3.8, 4) is 5.75 Å². The first kappa shape index (κ1) is 28.3. The van der Waals surface area contributed by atoms with Gasteiger partial charge in [0.25, 0.3) is 11.1 Å². The predicted octanol–water partition coefficient (Wildman–Crippen LogP) is 3.46. The van der Waals surface area contributed by atoms with Crippen molar-refractivity contribution in [2.24, 2.45) is 0 Å². The zero-order chi connectivity index (χ0) is 29.1. The van der Waals surface area contributed by atoms with Gasteiger partial charge < -0.3 is 19.1 Å². The fourth-order valence-corrected chi connectivity index (χ4v) is 6.15. The summed E-state index contributed by atoms with van der Waals surface area (Å²) in [4.78, 5) is 52.3. The van der Waals surface area contributed by atoms with Gasteiger partial charge in [-0.25, -0.2) is 0 Å². The van der Waals surface area contributed by atoms with Crippen molar-refractivity contribution >= 4 is 67.4 Å². The Morgan fingerprint density at radius 3 is 2.44 bits per heavy atom. The molecule has 2 aliphatic heterocycles. The number of ether oxygens (including phenoxy) is 1. The number of rotatable bonds is 7. The number of carbonyl (C=O) groups is 4. The third-order valence-corrected chi connectivity index (χ3v) is 8.56. The molecule has 2 heterocycles. The second-order valence-corrected chi connectivity index (χ2v) is 11.7. The molecule has 0 atom stereocenters. The number of nitrogens with one attached hydrogen (secondary N) is 1. The van der Waals surface area contributed by atoms with Crippen LogP contribution in [0.2, 0.25) is 0 Å². The van der Waals surface area contributed by atoms with Gasteiger partial charge in [0.05, 0.1) is 18.1 Å². The van der Waals surface area contributed by atoms with Crippen LogP contribution in [0, 0.1) is 0 Å². The largest absolute Gasteiger partial charge is 0.378 e. The molecule has 13 heteroatoms. The number of morpholine rings is 1. The summed E-state index contributed by atoms with van der Waals surface area (Å²) < 4.78 is 37.2. The molecule has 2 saturated heterocycles. The van der Waals surface area contributed by atoms with Gasteiger partial charge >= 0.3 is 10.1 Å². The van der Waals surface area contributed by atoms with Crippen LogP contribution in [0.5, 0.6) is 5.75 Å². The first-order valence-electron chi connectivity index (χ1n) is 12.6. The van der Waals surface area contributed by atoms with Crippen molar-refractivity contribution in [1.29, 1.82) is 0 Å². The number of hydrogen-bond acceptors (Lipinski definition) is 9. The molecule has 5 rings (SSSR count). The Hall–Kier alpha value is -4.20. The standard InChI is InChI=1S/C28H25N3O8S2/c1-18(32)29-20-7-9-21(10-8-20)41(36,37)39-24-11-6-19-4-2-3-5-22(19)23(24)16-25-27(34)31(28(35)40-25)17-26(33)30-12-14-38-15-13-30/h2-11,16H,12-15,17H2,1H3,(H,29,32)/b25-16-. The highest BCUT2D eigenvalue weighted by Crippen LogP contribution is 2.37. The Balaban J connectivity index is 1.45. The number of amides is 4. The number of benzene rings is 3. The Morgan fingerprint density at radius 1 is 1.02 bits per heavy atom. The lowest BCUT2D eigenvalue weighted by molar-refractivity contribution is -0.139. The Bertz CT molecular complexity index is 1680. The van der Waals surface area contributed by atoms with E-state index in [9.17, 15) is 27.6 Å². The second kappa shape index (κ2) is 11.7. The molecule has 0 aromatic heterocycles. The Labute approximate surface area is 240 Å². The quantitative estimate of drug-likeness (QED) is 0.321. The topological polar surface area (TPSA) is 139 Å². The first-order valence-corrected chi connectivity index (χ1v) is 14.8. The zero-order valence-corrected chi connectivity index (χ0v) is 23.5. The maximum atomic E-state index is 13.2. The molecule has 41 heavy (non-hydrogen) atoms. The van der Waals surface area contributed by atoms with Gasteiger partial charge in [-0.15, -0.1) is 0 Å². The van der Waals surface area contributed by atoms with E-state index in [1.165, 1.54) is 43.3 Å². The van der Waals surface area contributed by atoms with Crippen molar-refractivity contribution < 1.29 is 36.5 Å². The van der Waals surface area contributed by atoms with E-state index in [0.29, 0.717) is 49.1 Å². The van der Waals surface area contributed by atoms with Crippen LogP contribution in [-0.2, 0) is 29.2 Å². The Kier molecular flexibility index (Phi) is 8.10. The van der Waals surface area contributed by atoms with Crippen LogP contribution in [0.3, 0.4) is 0 Å². The lowest BCUT2D eigenvalue weighted by Crippen LogP contribution is -2.46. The van der Waals surface area contributed by atoms with E-state index in [2.05, 4.69) is 5.32 Å². The summed E-state index contributed by atoms with van der Waals surface area (Å²) in [7, 11) is -4.32. The van der Waals surface area contributed by atoms with Gasteiger partial charge in [-0.1, -0.05) is 30.3 Å². The Morgan fingerprint density at radius 2 is 1.73 bits per heavy atom. The molecule has 0 spiro atoms. The van der Waals surface area contributed by atoms with E-state index >= 15 is 0 Å². The molecule has 3 aromatic rings. The minimum absolute atomic E-state index is 0.0306. The van der Waals surface area contributed by atoms with Gasteiger partial charge in [0.1, 0.15) is 11.4 Å². The molecule has 2 fully saturated rings. The minimum Gasteiger partial charge on any atom is -0.378 e. The summed E-state index contributed by atoms with van der Waals surface area (Å²) in [5.41, 5.74) is 0.706. The van der Waals surface area contributed by atoms with E-state index in [4.69, 9.17) is 8.92 Å². The molecule has 0 radical (unpaired) electrons. The third kappa shape index (κ3) is 6.26. The van der Waals surface area contributed by atoms with E-state index < -0.39 is 27.8 Å². The average molecular weight is 596 g/mol. The monoisotopic (exact) mass is 595 g/mol. The summed E-state index contributed by atoms with van der Waals surface area (Å²) in [6.45, 7) is 2.48. The van der Waals surface area contributed by atoms with Crippen LogP contribution in [-0.4, -0.2) is 74.0 Å². The molecule has 2 aliphatic rings. The fraction of sp³-hybridized carbons (Fsp3) is 0.214. The molecule has 4 amide bonds. The van der Waals surface area contributed by atoms with Crippen LogP contribution in [0.1, 0.15) is 12.5 Å². The van der Waals surface area contributed by atoms with Gasteiger partial charge in [-0.2, -0.15) is 8.42 Å². The molecule has 0 saturated carbocycles. The third-order valence-electron chi connectivity index (χ3n) is 6.40. The number of anilines is 1. The van der Waals surface area contributed by atoms with E-state index in [1.54, 1.807) is 23.1 Å². The van der Waals surface area contributed by atoms with Crippen molar-refractivity contribution in [3.05, 3.63) is 71.1 Å². The highest BCUT2D eigenvalue weighted by Gasteiger charge is 2.37. The minimum atomic E-state index is -4.32. The van der Waals surface area contributed by atoms with Crippen LogP contribution in [0.15, 0.2) is 70.5 Å². The maximum absolute atomic E-state index is 13.2. The number of hydrogen-bond donors (Lipinski definition) is 1. The van der Waals surface area contributed by atoms with Gasteiger partial charge in [-0.05, 0) is 58.9 Å². The van der Waals surface area contributed by atoms with Crippen molar-refractivity contribution in [2.75, 3.05) is 38.2 Å². The van der Waals surface area contributed by atoms with Crippen LogP contribution >= 0.6 is 11.8 Å². The smallest absolute Gasteiger partial charge is 0.339 e. The lowest BCUT2D eigenvalue weighted by Gasteiger charge is -2.28. The number of nitrogens with zero attached hydrogens (tertiary/aromatic N) is 2. The van der Waals surface area contributed by atoms with Gasteiger partial charge in [0.2, 0.25) is 11.8 Å². The lowest BCUT2D eigenvalue weighted by atomic mass is 10.0. The van der Waals surface area contributed by atoms with Crippen molar-refractivity contribution in [2.45, 2.75) is 11.8 Å². The molecule has 11 nitrogen and oxygen atoms in total. The molecule has 1 N–H and O–H groups in total. The van der Waals surface area contributed by atoms with Gasteiger partial charge in [0.15, 0.2) is 5.75 Å². The molecule has 212 valence electrons. The van der Waals surface area contributed by atoms with Crippen LogP contribution in [0.25, 0.3) is 16.8 Å². The summed E-state index contributed by atoms with van der Waals surface area (Å²) >= 11 is 0.667. The van der Waals surface area contributed by atoms with Gasteiger partial charge in [0, 0.05) is 31.3 Å². The highest BCUT2D eigenvalue weighted by molar-refractivity contribution is 8.18. The fourth-order valence-electron chi connectivity index (χ4n) is 4.39. The molecule has 0 unspecified atom stereocenters. The molecular formula is C28H25N3O8S2. The molecule has 0 aliphatic carbocycles. The summed E-state index contributed by atoms with van der Waals surface area (Å²) in [6, 6.07) is 15.8. The number of fused-ring (bicyclic) bond motifs is 1. The van der Waals surface area contributed by atoms with E-state index in [-0.39, 0.29) is 32.9 Å². The highest BCUT2D eigenvalue weighted by atomic mass is 32.2. The van der Waals surface area contributed by atoms with Gasteiger partial charge in [-0.3, -0.25) is 24.1 Å². The second-order valence-electron chi connectivity index (χ2n) is 9.20. The predicted molar refractivity (Wildman–Crippen MR) is 153 cm³/mol. The molecule has 0 bridgehead atoms. The molecule has 3 aromatic carbocycles. The number of carbonyl (C=O) groups excluding carboxylic acids is 4. The number of imide groups is 1. The summed E-state index contributed by atoms with van der Waals surface area (Å²) in [6.07, 6.45) is 1.41. The SMILES string of the molecule is CC(=O)Nc1ccc(S(=O)(=O)Oc2ccc3ccccc3c2/C=C2\SC(=O)N(CC(=O)N3CCOCC3)C2=O)cc1. The van der Waals surface area contributed by atoms with Crippen molar-refractivity contribution in [3.63, 3.8) is 0 Å². The number of thioether (sulfide) groups is 1. The van der Waals surface area contributed by atoms with Crippen LogP contribution < -0.4 is 9.50 Å². The molecular weight excluding hydrogens is 570 g/mol. The zero-order valence-electron chi connectivity index (χ0n) is 21.9.